The first-order valence-corrected chi connectivity index (χ1v) is 9.36. The Labute approximate surface area is 161 Å². The van der Waals surface area contributed by atoms with Gasteiger partial charge in [0.25, 0.3) is 0 Å². The second-order valence-electron chi connectivity index (χ2n) is 6.54. The fourth-order valence-electron chi connectivity index (χ4n) is 3.56. The van der Waals surface area contributed by atoms with Crippen molar-refractivity contribution in [3.05, 3.63) is 34.3 Å². The van der Waals surface area contributed by atoms with Crippen molar-refractivity contribution in [2.45, 2.75) is 38.7 Å². The first-order valence-electron chi connectivity index (χ1n) is 8.56. The third kappa shape index (κ3) is 4.15. The Morgan fingerprint density at radius 2 is 1.69 bits per heavy atom. The van der Waals surface area contributed by atoms with Gasteiger partial charge in [0.15, 0.2) is 5.78 Å². The predicted octanol–water partition coefficient (Wildman–Crippen LogP) is 2.62. The number of halogens is 1. The Morgan fingerprint density at radius 3 is 2.23 bits per heavy atom. The molecular weight excluding hydrogens is 404 g/mol. The van der Waals surface area contributed by atoms with Gasteiger partial charge in [0.2, 0.25) is 0 Å². The number of hydrogen-bond acceptors (Lipinski definition) is 6. The lowest BCUT2D eigenvalue weighted by atomic mass is 9.62. The molecule has 0 bridgehead atoms. The van der Waals surface area contributed by atoms with E-state index in [4.69, 9.17) is 9.47 Å². The maximum atomic E-state index is 12.7. The predicted molar refractivity (Wildman–Crippen MR) is 97.4 cm³/mol. The molecule has 142 valence electrons. The Balaban J connectivity index is 2.59. The Kier molecular flexibility index (Phi) is 6.58. The van der Waals surface area contributed by atoms with Gasteiger partial charge in [-0.15, -0.1) is 0 Å². The van der Waals surface area contributed by atoms with Crippen LogP contribution in [-0.4, -0.2) is 41.6 Å². The molecule has 1 aromatic rings. The summed E-state index contributed by atoms with van der Waals surface area (Å²) in [6, 6.07) is 6.96. The molecular formula is C19H23BrO6. The van der Waals surface area contributed by atoms with Gasteiger partial charge in [0, 0.05) is 16.8 Å². The summed E-state index contributed by atoms with van der Waals surface area (Å²) < 4.78 is 11.0. The standard InChI is InChI=1S/C19H23BrO6/c1-4-25-17(22)15-13(21)10-19(3,24)16(18(23)26-5-2)14(15)11-6-8-12(20)9-7-11/h6-9,14-16,24H,4-5,10H2,1-3H3/t14-,15-,16+,19-/m0/s1. The number of benzene rings is 1. The van der Waals surface area contributed by atoms with E-state index in [9.17, 15) is 19.5 Å². The van der Waals surface area contributed by atoms with Gasteiger partial charge in [-0.1, -0.05) is 28.1 Å². The Morgan fingerprint density at radius 1 is 1.15 bits per heavy atom. The van der Waals surface area contributed by atoms with E-state index in [1.165, 1.54) is 6.92 Å². The van der Waals surface area contributed by atoms with Gasteiger partial charge < -0.3 is 14.6 Å². The van der Waals surface area contributed by atoms with E-state index in [0.717, 1.165) is 4.47 Å². The summed E-state index contributed by atoms with van der Waals surface area (Å²) in [5, 5.41) is 10.8. The van der Waals surface area contributed by atoms with Crippen LogP contribution in [0.1, 0.15) is 38.7 Å². The Hall–Kier alpha value is -1.73. The number of aliphatic hydroxyl groups is 1. The zero-order valence-corrected chi connectivity index (χ0v) is 16.6. The number of ether oxygens (including phenoxy) is 2. The highest BCUT2D eigenvalue weighted by Crippen LogP contribution is 2.46. The van der Waals surface area contributed by atoms with E-state index in [-0.39, 0.29) is 19.6 Å². The average molecular weight is 427 g/mol. The number of hydrogen-bond donors (Lipinski definition) is 1. The van der Waals surface area contributed by atoms with E-state index in [1.54, 1.807) is 38.1 Å². The summed E-state index contributed by atoms with van der Waals surface area (Å²) >= 11 is 3.34. The summed E-state index contributed by atoms with van der Waals surface area (Å²) in [5.74, 6) is -4.84. The normalized spacial score (nSPS) is 28.5. The molecule has 6 nitrogen and oxygen atoms in total. The highest BCUT2D eigenvalue weighted by atomic mass is 79.9. The first-order chi connectivity index (χ1) is 12.2. The third-order valence-electron chi connectivity index (χ3n) is 4.60. The molecule has 0 aliphatic heterocycles. The van der Waals surface area contributed by atoms with Crippen LogP contribution in [0.15, 0.2) is 28.7 Å². The fraction of sp³-hybridized carbons (Fsp3) is 0.526. The summed E-state index contributed by atoms with van der Waals surface area (Å²) in [4.78, 5) is 37.8. The summed E-state index contributed by atoms with van der Waals surface area (Å²) in [7, 11) is 0. The molecule has 1 aliphatic carbocycles. The highest BCUT2D eigenvalue weighted by molar-refractivity contribution is 9.10. The molecule has 26 heavy (non-hydrogen) atoms. The molecule has 1 aliphatic rings. The molecule has 0 unspecified atom stereocenters. The first kappa shape index (κ1) is 20.6. The number of esters is 2. The van der Waals surface area contributed by atoms with E-state index in [2.05, 4.69) is 15.9 Å². The summed E-state index contributed by atoms with van der Waals surface area (Å²) in [5.41, 5.74) is -1.03. The lowest BCUT2D eigenvalue weighted by Gasteiger charge is -2.43. The number of carbonyl (C=O) groups excluding carboxylic acids is 3. The van der Waals surface area contributed by atoms with Crippen molar-refractivity contribution in [2.75, 3.05) is 13.2 Å². The van der Waals surface area contributed by atoms with Gasteiger partial charge >= 0.3 is 11.9 Å². The maximum Gasteiger partial charge on any atom is 0.317 e. The van der Waals surface area contributed by atoms with Crippen LogP contribution in [0, 0.1) is 11.8 Å². The van der Waals surface area contributed by atoms with E-state index < -0.39 is 41.1 Å². The number of ketones is 1. The van der Waals surface area contributed by atoms with E-state index >= 15 is 0 Å². The maximum absolute atomic E-state index is 12.7. The lowest BCUT2D eigenvalue weighted by Crippen LogP contribution is -2.55. The van der Waals surface area contributed by atoms with Crippen LogP contribution < -0.4 is 0 Å². The molecule has 1 saturated carbocycles. The zero-order valence-electron chi connectivity index (χ0n) is 15.0. The number of Topliss-reactive ketones (excluding diaryl/α,β-unsaturated/α-hetero) is 1. The summed E-state index contributed by atoms with van der Waals surface area (Å²) in [6.07, 6.45) is -0.313. The van der Waals surface area contributed by atoms with Crippen LogP contribution >= 0.6 is 15.9 Å². The third-order valence-corrected chi connectivity index (χ3v) is 5.13. The molecule has 0 heterocycles. The van der Waals surface area contributed by atoms with Crippen molar-refractivity contribution in [2.24, 2.45) is 11.8 Å². The molecule has 4 atom stereocenters. The number of rotatable bonds is 5. The SMILES string of the molecule is CCOC(=O)[C@H]1C(=O)C[C@](C)(O)[C@@H](C(=O)OCC)[C@H]1c1ccc(Br)cc1. The fourth-order valence-corrected chi connectivity index (χ4v) is 3.83. The summed E-state index contributed by atoms with van der Waals surface area (Å²) in [6.45, 7) is 5.00. The molecule has 0 saturated heterocycles. The molecule has 1 fully saturated rings. The molecule has 0 amide bonds. The van der Waals surface area contributed by atoms with Crippen LogP contribution in [0.5, 0.6) is 0 Å². The van der Waals surface area contributed by atoms with E-state index in [0.29, 0.717) is 5.56 Å². The minimum absolute atomic E-state index is 0.121. The second-order valence-corrected chi connectivity index (χ2v) is 7.45. The average Bonchev–Trinajstić information content (AvgIpc) is 2.54. The zero-order chi connectivity index (χ0) is 19.5. The molecule has 0 spiro atoms. The Bertz CT molecular complexity index is 682. The highest BCUT2D eigenvalue weighted by Gasteiger charge is 2.57. The molecule has 0 aromatic heterocycles. The van der Waals surface area contributed by atoms with Gasteiger partial charge in [-0.2, -0.15) is 0 Å². The van der Waals surface area contributed by atoms with Crippen molar-refractivity contribution in [1.82, 2.24) is 0 Å². The quantitative estimate of drug-likeness (QED) is 0.574. The van der Waals surface area contributed by atoms with Gasteiger partial charge in [0.1, 0.15) is 5.92 Å². The molecule has 7 heteroatoms. The topological polar surface area (TPSA) is 89.9 Å². The van der Waals surface area contributed by atoms with Gasteiger partial charge in [-0.05, 0) is 38.5 Å². The van der Waals surface area contributed by atoms with Crippen molar-refractivity contribution in [3.8, 4) is 0 Å². The van der Waals surface area contributed by atoms with Gasteiger partial charge in [-0.25, -0.2) is 0 Å². The second kappa shape index (κ2) is 8.31. The van der Waals surface area contributed by atoms with Crippen LogP contribution in [0.25, 0.3) is 0 Å². The number of carbonyl (C=O) groups is 3. The van der Waals surface area contributed by atoms with Crippen molar-refractivity contribution >= 4 is 33.7 Å². The minimum Gasteiger partial charge on any atom is -0.466 e. The molecule has 0 radical (unpaired) electrons. The molecule has 2 rings (SSSR count). The van der Waals surface area contributed by atoms with Gasteiger partial charge in [0.05, 0.1) is 24.7 Å². The smallest absolute Gasteiger partial charge is 0.317 e. The van der Waals surface area contributed by atoms with Crippen molar-refractivity contribution < 1.29 is 29.0 Å². The van der Waals surface area contributed by atoms with Gasteiger partial charge in [-0.3, -0.25) is 14.4 Å². The minimum atomic E-state index is -1.62. The monoisotopic (exact) mass is 426 g/mol. The van der Waals surface area contributed by atoms with Crippen LogP contribution in [0.4, 0.5) is 0 Å². The largest absolute Gasteiger partial charge is 0.466 e. The van der Waals surface area contributed by atoms with Crippen molar-refractivity contribution in [1.29, 1.82) is 0 Å². The lowest BCUT2D eigenvalue weighted by molar-refractivity contribution is -0.172. The molecule has 1 N–H and O–H groups in total. The van der Waals surface area contributed by atoms with Crippen LogP contribution in [0.3, 0.4) is 0 Å². The van der Waals surface area contributed by atoms with E-state index in [1.807, 2.05) is 0 Å². The van der Waals surface area contributed by atoms with Crippen molar-refractivity contribution in [3.63, 3.8) is 0 Å². The van der Waals surface area contributed by atoms with Crippen LogP contribution in [0.2, 0.25) is 0 Å². The molecule has 1 aromatic carbocycles. The van der Waals surface area contributed by atoms with Crippen LogP contribution in [-0.2, 0) is 23.9 Å².